The maximum Gasteiger partial charge on any atom is 0.242 e. The van der Waals surface area contributed by atoms with Gasteiger partial charge in [-0.2, -0.15) is 4.72 Å². The number of hydrogen-bond acceptors (Lipinski definition) is 7. The molecule has 2 aliphatic rings. The summed E-state index contributed by atoms with van der Waals surface area (Å²) in [6.45, 7) is 3.51. The quantitative estimate of drug-likeness (QED) is 0.722. The van der Waals surface area contributed by atoms with E-state index in [0.29, 0.717) is 61.5 Å². The zero-order valence-electron chi connectivity index (χ0n) is 17.1. The van der Waals surface area contributed by atoms with E-state index < -0.39 is 22.0 Å². The van der Waals surface area contributed by atoms with Crippen LogP contribution in [0.1, 0.15) is 19.8 Å². The van der Waals surface area contributed by atoms with Gasteiger partial charge in [-0.15, -0.1) is 0 Å². The first-order valence-corrected chi connectivity index (χ1v) is 11.5. The summed E-state index contributed by atoms with van der Waals surface area (Å²) in [6, 6.07) is 8.40. The lowest BCUT2D eigenvalue weighted by Crippen LogP contribution is -2.41. The lowest BCUT2D eigenvalue weighted by Gasteiger charge is -2.16. The van der Waals surface area contributed by atoms with Gasteiger partial charge in [-0.1, -0.05) is 0 Å². The topological polar surface area (TPSA) is 112 Å². The SMILES string of the molecule is C[C@H](NS(=O)(=O)c1ccc2c(c1)OCCCO2)C(=O)Nc1ccc2c(c1)OCCCO2. The smallest absolute Gasteiger partial charge is 0.242 e. The van der Waals surface area contributed by atoms with Crippen LogP contribution in [-0.4, -0.2) is 46.8 Å². The van der Waals surface area contributed by atoms with Crippen LogP contribution in [0.25, 0.3) is 0 Å². The number of ether oxygens (including phenoxy) is 4. The normalized spacial score (nSPS) is 16.5. The van der Waals surface area contributed by atoms with Crippen LogP contribution in [0.5, 0.6) is 23.0 Å². The van der Waals surface area contributed by atoms with Gasteiger partial charge in [-0.25, -0.2) is 8.42 Å². The van der Waals surface area contributed by atoms with E-state index in [0.717, 1.165) is 6.42 Å². The van der Waals surface area contributed by atoms with Gasteiger partial charge in [0.05, 0.1) is 37.4 Å². The zero-order chi connectivity index (χ0) is 21.8. The van der Waals surface area contributed by atoms with Gasteiger partial charge in [0.2, 0.25) is 15.9 Å². The molecule has 0 fully saturated rings. The molecule has 0 radical (unpaired) electrons. The molecule has 9 nitrogen and oxygen atoms in total. The summed E-state index contributed by atoms with van der Waals surface area (Å²) in [7, 11) is -3.95. The molecule has 31 heavy (non-hydrogen) atoms. The van der Waals surface area contributed by atoms with Gasteiger partial charge >= 0.3 is 0 Å². The van der Waals surface area contributed by atoms with Gasteiger partial charge in [-0.05, 0) is 31.2 Å². The molecular weight excluding hydrogens is 424 g/mol. The number of anilines is 1. The van der Waals surface area contributed by atoms with Crippen LogP contribution >= 0.6 is 0 Å². The van der Waals surface area contributed by atoms with Crippen LogP contribution in [0.15, 0.2) is 41.3 Å². The third-order valence-corrected chi connectivity index (χ3v) is 6.31. The van der Waals surface area contributed by atoms with Crippen LogP contribution in [0.4, 0.5) is 5.69 Å². The second-order valence-corrected chi connectivity index (χ2v) is 8.92. The fourth-order valence-electron chi connectivity index (χ4n) is 3.16. The van der Waals surface area contributed by atoms with Crippen molar-refractivity contribution >= 4 is 21.6 Å². The Hall–Kier alpha value is -2.98. The maximum absolute atomic E-state index is 12.8. The number of sulfonamides is 1. The Balaban J connectivity index is 1.43. The van der Waals surface area contributed by atoms with Crippen molar-refractivity contribution in [2.75, 3.05) is 31.7 Å². The van der Waals surface area contributed by atoms with E-state index in [4.69, 9.17) is 18.9 Å². The van der Waals surface area contributed by atoms with Crippen LogP contribution in [0.3, 0.4) is 0 Å². The zero-order valence-corrected chi connectivity index (χ0v) is 17.9. The average molecular weight is 448 g/mol. The van der Waals surface area contributed by atoms with E-state index in [-0.39, 0.29) is 4.90 Å². The Morgan fingerprint density at radius 3 is 2.03 bits per heavy atom. The molecule has 10 heteroatoms. The molecule has 2 heterocycles. The van der Waals surface area contributed by atoms with Gasteiger partial charge in [0.15, 0.2) is 23.0 Å². The third-order valence-electron chi connectivity index (χ3n) is 4.77. The number of amides is 1. The van der Waals surface area contributed by atoms with E-state index in [2.05, 4.69) is 10.0 Å². The number of rotatable bonds is 5. The Morgan fingerprint density at radius 1 is 0.839 bits per heavy atom. The van der Waals surface area contributed by atoms with Crippen LogP contribution in [-0.2, 0) is 14.8 Å². The molecule has 0 aromatic heterocycles. The molecule has 166 valence electrons. The first-order chi connectivity index (χ1) is 14.9. The van der Waals surface area contributed by atoms with Crippen LogP contribution < -0.4 is 29.0 Å². The first-order valence-electron chi connectivity index (χ1n) is 10.0. The van der Waals surface area contributed by atoms with Gasteiger partial charge in [0.25, 0.3) is 0 Å². The minimum Gasteiger partial charge on any atom is -0.490 e. The molecule has 2 aromatic carbocycles. The molecule has 1 amide bonds. The van der Waals surface area contributed by atoms with Gasteiger partial charge in [0.1, 0.15) is 0 Å². The van der Waals surface area contributed by atoms with Crippen molar-refractivity contribution in [1.29, 1.82) is 0 Å². The highest BCUT2D eigenvalue weighted by atomic mass is 32.2. The Kier molecular flexibility index (Phi) is 6.19. The highest BCUT2D eigenvalue weighted by Crippen LogP contribution is 2.33. The second kappa shape index (κ2) is 9.03. The van der Waals surface area contributed by atoms with E-state index in [9.17, 15) is 13.2 Å². The standard InChI is InChI=1S/C21H24N2O7S/c1-14(21(24)22-15-4-6-17-19(12-15)29-10-2-8-27-17)23-31(25,26)16-5-7-18-20(13-16)30-11-3-9-28-18/h4-7,12-14,23H,2-3,8-11H2,1H3,(H,22,24)/t14-/m0/s1. The predicted molar refractivity (Wildman–Crippen MR) is 113 cm³/mol. The minimum absolute atomic E-state index is 0.00743. The van der Waals surface area contributed by atoms with Crippen molar-refractivity contribution in [2.45, 2.75) is 30.7 Å². The van der Waals surface area contributed by atoms with Gasteiger partial charge in [-0.3, -0.25) is 4.79 Å². The number of carbonyl (C=O) groups excluding carboxylic acids is 1. The number of fused-ring (bicyclic) bond motifs is 2. The average Bonchev–Trinajstić information content (AvgIpc) is 3.12. The molecule has 0 saturated heterocycles. The molecule has 0 unspecified atom stereocenters. The highest BCUT2D eigenvalue weighted by Gasteiger charge is 2.24. The molecule has 2 aliphatic heterocycles. The molecule has 0 saturated carbocycles. The summed E-state index contributed by atoms with van der Waals surface area (Å²) in [5, 5.41) is 2.70. The number of hydrogen-bond donors (Lipinski definition) is 2. The van der Waals surface area contributed by atoms with Crippen molar-refractivity contribution in [3.8, 4) is 23.0 Å². The maximum atomic E-state index is 12.8. The molecule has 2 N–H and O–H groups in total. The predicted octanol–water partition coefficient (Wildman–Crippen LogP) is 2.31. The Labute approximate surface area is 180 Å². The third kappa shape index (κ3) is 5.02. The minimum atomic E-state index is -3.95. The largest absolute Gasteiger partial charge is 0.490 e. The van der Waals surface area contributed by atoms with Crippen molar-refractivity contribution < 1.29 is 32.2 Å². The summed E-state index contributed by atoms with van der Waals surface area (Å²) < 4.78 is 50.2. The molecule has 0 aliphatic carbocycles. The monoisotopic (exact) mass is 448 g/mol. The second-order valence-electron chi connectivity index (χ2n) is 7.20. The lowest BCUT2D eigenvalue weighted by molar-refractivity contribution is -0.117. The summed E-state index contributed by atoms with van der Waals surface area (Å²) in [6.07, 6.45) is 1.49. The fourth-order valence-corrected chi connectivity index (χ4v) is 4.37. The van der Waals surface area contributed by atoms with Crippen LogP contribution in [0.2, 0.25) is 0 Å². The van der Waals surface area contributed by atoms with Crippen LogP contribution in [0, 0.1) is 0 Å². The number of carbonyl (C=O) groups is 1. The Bertz CT molecular complexity index is 1070. The van der Waals surface area contributed by atoms with Crippen molar-refractivity contribution in [3.63, 3.8) is 0 Å². The fraction of sp³-hybridized carbons (Fsp3) is 0.381. The molecule has 1 atom stereocenters. The van der Waals surface area contributed by atoms with Crippen molar-refractivity contribution in [1.82, 2.24) is 4.72 Å². The van der Waals surface area contributed by atoms with Crippen molar-refractivity contribution in [2.24, 2.45) is 0 Å². The van der Waals surface area contributed by atoms with Gasteiger partial charge in [0, 0.05) is 30.7 Å². The first kappa shape index (κ1) is 21.3. The van der Waals surface area contributed by atoms with E-state index in [1.54, 1.807) is 24.3 Å². The summed E-state index contributed by atoms with van der Waals surface area (Å²) in [4.78, 5) is 12.6. The van der Waals surface area contributed by atoms with E-state index in [1.807, 2.05) is 0 Å². The molecule has 2 aromatic rings. The van der Waals surface area contributed by atoms with Crippen molar-refractivity contribution in [3.05, 3.63) is 36.4 Å². The molecule has 0 bridgehead atoms. The summed E-state index contributed by atoms with van der Waals surface area (Å²) >= 11 is 0. The summed E-state index contributed by atoms with van der Waals surface area (Å²) in [5.41, 5.74) is 0.482. The number of nitrogens with one attached hydrogen (secondary N) is 2. The number of benzene rings is 2. The molecule has 4 rings (SSSR count). The lowest BCUT2D eigenvalue weighted by atomic mass is 10.2. The summed E-state index contributed by atoms with van der Waals surface area (Å²) in [5.74, 6) is 1.50. The van der Waals surface area contributed by atoms with E-state index >= 15 is 0 Å². The van der Waals surface area contributed by atoms with Gasteiger partial charge < -0.3 is 24.3 Å². The molecule has 0 spiro atoms. The Morgan fingerprint density at radius 2 is 1.39 bits per heavy atom. The molecular formula is C21H24N2O7S. The highest BCUT2D eigenvalue weighted by molar-refractivity contribution is 7.89. The van der Waals surface area contributed by atoms with E-state index in [1.165, 1.54) is 19.1 Å².